The molecular formula is C15H25N3O3. The van der Waals surface area contributed by atoms with Gasteiger partial charge in [-0.25, -0.2) is 0 Å². The normalized spacial score (nSPS) is 23.3. The lowest BCUT2D eigenvalue weighted by Gasteiger charge is -2.33. The van der Waals surface area contributed by atoms with Crippen molar-refractivity contribution in [2.75, 3.05) is 19.6 Å². The number of rotatable bonds is 4. The molecule has 2 heterocycles. The Morgan fingerprint density at radius 2 is 2.00 bits per heavy atom. The Morgan fingerprint density at radius 3 is 2.52 bits per heavy atom. The van der Waals surface area contributed by atoms with Crippen LogP contribution in [0.15, 0.2) is 0 Å². The zero-order valence-electron chi connectivity index (χ0n) is 12.9. The zero-order valence-corrected chi connectivity index (χ0v) is 12.9. The van der Waals surface area contributed by atoms with Gasteiger partial charge in [-0.15, -0.1) is 0 Å². The first-order valence-corrected chi connectivity index (χ1v) is 7.80. The quantitative estimate of drug-likeness (QED) is 0.782. The summed E-state index contributed by atoms with van der Waals surface area (Å²) in [6, 6.07) is 0.122. The smallest absolute Gasteiger partial charge is 0.225 e. The van der Waals surface area contributed by atoms with Crippen LogP contribution in [0.2, 0.25) is 0 Å². The van der Waals surface area contributed by atoms with Gasteiger partial charge in [0.2, 0.25) is 17.7 Å². The Labute approximate surface area is 125 Å². The van der Waals surface area contributed by atoms with E-state index in [9.17, 15) is 14.4 Å². The monoisotopic (exact) mass is 295 g/mol. The number of carbonyl (C=O) groups excluding carboxylic acids is 3. The topological polar surface area (TPSA) is 78.5 Å². The van der Waals surface area contributed by atoms with Gasteiger partial charge in [-0.1, -0.05) is 13.8 Å². The molecule has 2 fully saturated rings. The molecule has 0 bridgehead atoms. The molecule has 3 amide bonds. The number of nitrogens with one attached hydrogen (secondary N) is 2. The summed E-state index contributed by atoms with van der Waals surface area (Å²) in [5, 5.41) is 5.69. The van der Waals surface area contributed by atoms with Crippen LogP contribution in [-0.2, 0) is 14.4 Å². The van der Waals surface area contributed by atoms with Crippen molar-refractivity contribution in [1.29, 1.82) is 0 Å². The first-order valence-electron chi connectivity index (χ1n) is 7.80. The summed E-state index contributed by atoms with van der Waals surface area (Å²) in [6.07, 6.45) is 2.47. The number of hydrogen-bond donors (Lipinski definition) is 2. The molecule has 0 aromatic carbocycles. The first kappa shape index (κ1) is 15.8. The summed E-state index contributed by atoms with van der Waals surface area (Å²) < 4.78 is 0. The average Bonchev–Trinajstić information content (AvgIpc) is 2.85. The summed E-state index contributed by atoms with van der Waals surface area (Å²) in [7, 11) is 0. The molecule has 2 N–H and O–H groups in total. The maximum Gasteiger partial charge on any atom is 0.225 e. The van der Waals surface area contributed by atoms with Crippen LogP contribution in [-0.4, -0.2) is 48.3 Å². The van der Waals surface area contributed by atoms with E-state index in [1.165, 1.54) is 0 Å². The van der Waals surface area contributed by atoms with Crippen LogP contribution in [0.1, 0.15) is 39.5 Å². The van der Waals surface area contributed by atoms with Crippen LogP contribution in [0, 0.1) is 11.8 Å². The second kappa shape index (κ2) is 6.91. The van der Waals surface area contributed by atoms with E-state index in [1.807, 2.05) is 18.7 Å². The Kier molecular flexibility index (Phi) is 5.20. The van der Waals surface area contributed by atoms with Gasteiger partial charge in [0.1, 0.15) is 0 Å². The van der Waals surface area contributed by atoms with Crippen molar-refractivity contribution in [2.24, 2.45) is 11.8 Å². The lowest BCUT2D eigenvalue weighted by atomic mass is 10.0. The molecule has 2 aliphatic rings. The van der Waals surface area contributed by atoms with Crippen molar-refractivity contribution in [3.8, 4) is 0 Å². The molecule has 0 aliphatic carbocycles. The van der Waals surface area contributed by atoms with Crippen molar-refractivity contribution in [1.82, 2.24) is 15.5 Å². The largest absolute Gasteiger partial charge is 0.355 e. The summed E-state index contributed by atoms with van der Waals surface area (Å²) in [6.45, 7) is 5.94. The molecule has 0 spiro atoms. The predicted octanol–water partition coefficient (Wildman–Crippen LogP) is 0.276. The molecular weight excluding hydrogens is 270 g/mol. The van der Waals surface area contributed by atoms with Crippen molar-refractivity contribution < 1.29 is 14.4 Å². The molecule has 2 saturated heterocycles. The third kappa shape index (κ3) is 4.44. The van der Waals surface area contributed by atoms with Crippen molar-refractivity contribution in [3.05, 3.63) is 0 Å². The number of likely N-dealkylation sites (tertiary alicyclic amines) is 1. The zero-order chi connectivity index (χ0) is 15.4. The maximum atomic E-state index is 12.0. The fourth-order valence-corrected chi connectivity index (χ4v) is 2.86. The van der Waals surface area contributed by atoms with E-state index in [4.69, 9.17) is 0 Å². The third-order valence-corrected chi connectivity index (χ3v) is 4.13. The summed E-state index contributed by atoms with van der Waals surface area (Å²) in [5.41, 5.74) is 0. The van der Waals surface area contributed by atoms with Crippen LogP contribution in [0.3, 0.4) is 0 Å². The molecule has 1 atom stereocenters. The van der Waals surface area contributed by atoms with Gasteiger partial charge in [-0.05, 0) is 18.8 Å². The number of nitrogens with zero attached hydrogens (tertiary/aromatic N) is 1. The fraction of sp³-hybridized carbons (Fsp3) is 0.800. The van der Waals surface area contributed by atoms with E-state index in [1.54, 1.807) is 0 Å². The fourth-order valence-electron chi connectivity index (χ4n) is 2.86. The lowest BCUT2D eigenvalue weighted by Crippen LogP contribution is -2.48. The van der Waals surface area contributed by atoms with Gasteiger partial charge < -0.3 is 15.5 Å². The molecule has 0 saturated carbocycles. The van der Waals surface area contributed by atoms with Crippen molar-refractivity contribution in [2.45, 2.75) is 45.6 Å². The molecule has 2 rings (SSSR count). The highest BCUT2D eigenvalue weighted by molar-refractivity contribution is 5.89. The maximum absolute atomic E-state index is 12.0. The van der Waals surface area contributed by atoms with E-state index in [2.05, 4.69) is 10.6 Å². The van der Waals surface area contributed by atoms with Crippen LogP contribution < -0.4 is 10.6 Å². The van der Waals surface area contributed by atoms with Crippen LogP contribution in [0.4, 0.5) is 0 Å². The van der Waals surface area contributed by atoms with Gasteiger partial charge in [-0.3, -0.25) is 14.4 Å². The van der Waals surface area contributed by atoms with E-state index in [0.29, 0.717) is 32.0 Å². The molecule has 2 aliphatic heterocycles. The van der Waals surface area contributed by atoms with E-state index in [-0.39, 0.29) is 36.1 Å². The number of piperidine rings is 1. The van der Waals surface area contributed by atoms with Crippen LogP contribution in [0.25, 0.3) is 0 Å². The minimum absolute atomic E-state index is 0.0414. The molecule has 0 radical (unpaired) electrons. The van der Waals surface area contributed by atoms with Gasteiger partial charge in [0.15, 0.2) is 0 Å². The predicted molar refractivity (Wildman–Crippen MR) is 78.3 cm³/mol. The van der Waals surface area contributed by atoms with Gasteiger partial charge in [0.25, 0.3) is 0 Å². The Hall–Kier alpha value is -1.59. The minimum atomic E-state index is -0.238. The Balaban J connectivity index is 1.72. The second-order valence-corrected chi connectivity index (χ2v) is 6.47. The Morgan fingerprint density at radius 1 is 1.33 bits per heavy atom. The highest BCUT2D eigenvalue weighted by Crippen LogP contribution is 2.15. The molecule has 21 heavy (non-hydrogen) atoms. The average molecular weight is 295 g/mol. The number of amides is 3. The number of hydrogen-bond acceptors (Lipinski definition) is 3. The van der Waals surface area contributed by atoms with Gasteiger partial charge in [0.05, 0.1) is 5.92 Å². The molecule has 0 aromatic rings. The molecule has 1 unspecified atom stereocenters. The van der Waals surface area contributed by atoms with E-state index >= 15 is 0 Å². The minimum Gasteiger partial charge on any atom is -0.355 e. The lowest BCUT2D eigenvalue weighted by molar-refractivity contribution is -0.133. The van der Waals surface area contributed by atoms with Crippen LogP contribution in [0.5, 0.6) is 0 Å². The van der Waals surface area contributed by atoms with Gasteiger partial charge >= 0.3 is 0 Å². The number of carbonyl (C=O) groups is 3. The summed E-state index contributed by atoms with van der Waals surface area (Å²) >= 11 is 0. The Bertz CT molecular complexity index is 414. The molecule has 6 heteroatoms. The van der Waals surface area contributed by atoms with Crippen molar-refractivity contribution in [3.63, 3.8) is 0 Å². The second-order valence-electron chi connectivity index (χ2n) is 6.47. The van der Waals surface area contributed by atoms with Crippen LogP contribution >= 0.6 is 0 Å². The van der Waals surface area contributed by atoms with E-state index < -0.39 is 0 Å². The van der Waals surface area contributed by atoms with Crippen molar-refractivity contribution >= 4 is 17.7 Å². The summed E-state index contributed by atoms with van der Waals surface area (Å²) in [4.78, 5) is 37.0. The third-order valence-electron chi connectivity index (χ3n) is 4.13. The van der Waals surface area contributed by atoms with Gasteiger partial charge in [-0.2, -0.15) is 0 Å². The molecule has 118 valence electrons. The van der Waals surface area contributed by atoms with E-state index in [0.717, 1.165) is 12.8 Å². The standard InChI is InChI=1S/C15H25N3O3/c1-10(2)7-14(20)18-5-3-12(4-6-18)17-15(21)11-8-13(19)16-9-11/h10-12H,3-9H2,1-2H3,(H,16,19)(H,17,21). The SMILES string of the molecule is CC(C)CC(=O)N1CCC(NC(=O)C2CNC(=O)C2)CC1. The molecule has 0 aromatic heterocycles. The highest BCUT2D eigenvalue weighted by atomic mass is 16.2. The molecule has 6 nitrogen and oxygen atoms in total. The van der Waals surface area contributed by atoms with Gasteiger partial charge in [0, 0.05) is 38.5 Å². The summed E-state index contributed by atoms with van der Waals surface area (Å²) in [5.74, 6) is 0.255. The first-order chi connectivity index (χ1) is 9.95. The highest BCUT2D eigenvalue weighted by Gasteiger charge is 2.30.